The third-order valence-electron chi connectivity index (χ3n) is 8.19. The Morgan fingerprint density at radius 2 is 1.84 bits per heavy atom. The number of hydrogen-bond acceptors (Lipinski definition) is 7. The maximum atomic E-state index is 13.5. The van der Waals surface area contributed by atoms with Crippen LogP contribution in [0.2, 0.25) is 0 Å². The van der Waals surface area contributed by atoms with Crippen molar-refractivity contribution in [1.82, 2.24) is 9.80 Å². The normalized spacial score (nSPS) is 34.8. The summed E-state index contributed by atoms with van der Waals surface area (Å²) in [6.45, 7) is -0.258. The van der Waals surface area contributed by atoms with Gasteiger partial charge >= 0.3 is 5.97 Å². The van der Waals surface area contributed by atoms with E-state index < -0.39 is 63.0 Å². The lowest BCUT2D eigenvalue weighted by atomic mass is 9.56. The summed E-state index contributed by atoms with van der Waals surface area (Å²) in [7, 11) is 2.66. The van der Waals surface area contributed by atoms with Crippen LogP contribution in [0, 0.1) is 17.8 Å². The molecule has 2 N–H and O–H groups in total. The molecule has 4 amide bonds. The Morgan fingerprint density at radius 1 is 1.14 bits per heavy atom. The summed E-state index contributed by atoms with van der Waals surface area (Å²) in [5.74, 6) is -6.85. The van der Waals surface area contributed by atoms with E-state index in [0.29, 0.717) is 11.1 Å². The molecule has 6 unspecified atom stereocenters. The highest BCUT2D eigenvalue weighted by Gasteiger charge is 2.75. The molecule has 2 aliphatic heterocycles. The van der Waals surface area contributed by atoms with Gasteiger partial charge in [-0.2, -0.15) is 0 Å². The summed E-state index contributed by atoms with van der Waals surface area (Å²) < 4.78 is 5.25. The number of carbonyl (C=O) groups is 5. The number of halogens is 2. The van der Waals surface area contributed by atoms with Gasteiger partial charge in [-0.25, -0.2) is 0 Å². The zero-order chi connectivity index (χ0) is 27.0. The van der Waals surface area contributed by atoms with E-state index in [-0.39, 0.29) is 37.3 Å². The molecule has 37 heavy (non-hydrogen) atoms. The topological polar surface area (TPSA) is 142 Å². The van der Waals surface area contributed by atoms with Gasteiger partial charge in [-0.05, 0) is 36.5 Å². The first-order valence-electron chi connectivity index (χ1n) is 11.7. The molecule has 0 bridgehead atoms. The lowest BCUT2D eigenvalue weighted by molar-refractivity contribution is -0.143. The largest absolute Gasteiger partial charge is 0.504 e. The van der Waals surface area contributed by atoms with E-state index in [1.807, 2.05) is 0 Å². The van der Waals surface area contributed by atoms with Gasteiger partial charge in [0.2, 0.25) is 11.8 Å². The number of rotatable bonds is 5. The van der Waals surface area contributed by atoms with E-state index in [4.69, 9.17) is 33.0 Å². The van der Waals surface area contributed by atoms with Gasteiger partial charge in [0.05, 0.1) is 25.4 Å². The van der Waals surface area contributed by atoms with Crippen molar-refractivity contribution < 1.29 is 38.9 Å². The number of allylic oxidation sites excluding steroid dienone is 2. The summed E-state index contributed by atoms with van der Waals surface area (Å²) >= 11 is 14.1. The zero-order valence-corrected chi connectivity index (χ0v) is 21.5. The summed E-state index contributed by atoms with van der Waals surface area (Å²) in [5, 5.41) is 19.2. The summed E-state index contributed by atoms with van der Waals surface area (Å²) in [4.78, 5) is 62.5. The van der Waals surface area contributed by atoms with Gasteiger partial charge in [0.1, 0.15) is 0 Å². The molecule has 1 aromatic rings. The zero-order valence-electron chi connectivity index (χ0n) is 19.9. The van der Waals surface area contributed by atoms with Gasteiger partial charge in [0, 0.05) is 19.5 Å². The number of carboxylic acid groups (broad SMARTS) is 1. The highest BCUT2D eigenvalue weighted by molar-refractivity contribution is 6.53. The van der Waals surface area contributed by atoms with E-state index in [1.54, 1.807) is 12.1 Å². The SMILES string of the molecule is COc1cc(C2C3=CCC4C(=O)N(CCC(=O)O)C(=O)C4C3CC3(Cl)C(=O)N(C)C(=O)C23Cl)ccc1O. The van der Waals surface area contributed by atoms with E-state index in [0.717, 1.165) is 9.80 Å². The second-order valence-corrected chi connectivity index (χ2v) is 11.1. The minimum Gasteiger partial charge on any atom is -0.504 e. The number of carboxylic acids is 1. The number of methoxy groups -OCH3 is 1. The van der Waals surface area contributed by atoms with Gasteiger partial charge in [-0.1, -0.05) is 17.7 Å². The number of phenols is 1. The third kappa shape index (κ3) is 3.28. The van der Waals surface area contributed by atoms with Crippen LogP contribution in [0.25, 0.3) is 0 Å². The first kappa shape index (κ1) is 25.5. The predicted octanol–water partition coefficient (Wildman–Crippen LogP) is 1.86. The summed E-state index contributed by atoms with van der Waals surface area (Å²) in [6.07, 6.45) is 1.41. The molecule has 196 valence electrons. The molecule has 1 saturated carbocycles. The molecule has 0 radical (unpaired) electrons. The molecule has 12 heteroatoms. The number of fused-ring (bicyclic) bond motifs is 4. The second-order valence-electron chi connectivity index (χ2n) is 9.90. The molecule has 10 nitrogen and oxygen atoms in total. The second kappa shape index (κ2) is 8.46. The predicted molar refractivity (Wildman–Crippen MR) is 129 cm³/mol. The molecule has 0 aromatic heterocycles. The molecule has 2 aliphatic carbocycles. The van der Waals surface area contributed by atoms with Gasteiger partial charge in [0.15, 0.2) is 21.2 Å². The van der Waals surface area contributed by atoms with Crippen LogP contribution in [0.3, 0.4) is 0 Å². The monoisotopic (exact) mass is 550 g/mol. The van der Waals surface area contributed by atoms with E-state index in [9.17, 15) is 29.1 Å². The lowest BCUT2D eigenvalue weighted by Gasteiger charge is -2.50. The van der Waals surface area contributed by atoms with Crippen molar-refractivity contribution in [3.63, 3.8) is 0 Å². The highest BCUT2D eigenvalue weighted by atomic mass is 35.5. The van der Waals surface area contributed by atoms with Crippen LogP contribution in [-0.4, -0.2) is 80.1 Å². The summed E-state index contributed by atoms with van der Waals surface area (Å²) in [5.41, 5.74) is 1.04. The third-order valence-corrected chi connectivity index (χ3v) is 9.61. The number of carbonyl (C=O) groups excluding carboxylic acids is 4. The molecular weight excluding hydrogens is 527 g/mol. The molecular formula is C25H24Cl2N2O8. The van der Waals surface area contributed by atoms with Gasteiger partial charge in [-0.3, -0.25) is 33.8 Å². The molecule has 0 spiro atoms. The number of phenolic OH excluding ortho intramolecular Hbond substituents is 1. The Bertz CT molecular complexity index is 1300. The maximum Gasteiger partial charge on any atom is 0.305 e. The minimum atomic E-state index is -1.94. The Hall–Kier alpha value is -3.11. The Kier molecular flexibility index (Phi) is 5.84. The first-order chi connectivity index (χ1) is 17.4. The first-order valence-corrected chi connectivity index (χ1v) is 12.5. The van der Waals surface area contributed by atoms with Crippen LogP contribution in [0.1, 0.15) is 30.7 Å². The molecule has 2 saturated heterocycles. The number of hydrogen-bond donors (Lipinski definition) is 2. The van der Waals surface area contributed by atoms with E-state index in [2.05, 4.69) is 0 Å². The molecule has 5 rings (SSSR count). The molecule has 2 heterocycles. The van der Waals surface area contributed by atoms with Crippen LogP contribution < -0.4 is 4.74 Å². The van der Waals surface area contributed by atoms with Crippen molar-refractivity contribution in [2.45, 2.75) is 34.9 Å². The van der Waals surface area contributed by atoms with Crippen LogP contribution in [0.15, 0.2) is 29.8 Å². The molecule has 6 atom stereocenters. The quantitative estimate of drug-likeness (QED) is 0.321. The average molecular weight is 551 g/mol. The smallest absolute Gasteiger partial charge is 0.305 e. The van der Waals surface area contributed by atoms with Gasteiger partial charge in [-0.15, -0.1) is 23.2 Å². The highest BCUT2D eigenvalue weighted by Crippen LogP contribution is 2.65. The number of imide groups is 2. The van der Waals surface area contributed by atoms with E-state index >= 15 is 0 Å². The fourth-order valence-electron chi connectivity index (χ4n) is 6.48. The fourth-order valence-corrected chi connectivity index (χ4v) is 7.50. The van der Waals surface area contributed by atoms with Crippen LogP contribution >= 0.6 is 23.2 Å². The standard InChI is InChI=1S/C25H24Cl2N2O8/c1-28-22(35)24(26)10-14-12(4-5-13-18(14)21(34)29(20(13)33)8-7-17(31)32)19(25(24,27)23(28)36)11-3-6-15(30)16(9-11)37-2/h3-4,6,9,13-14,18-19,30H,5,7-8,10H2,1-2H3,(H,31,32). The van der Waals surface area contributed by atoms with Crippen LogP contribution in [-0.2, 0) is 24.0 Å². The number of aliphatic carboxylic acids is 1. The van der Waals surface area contributed by atoms with E-state index in [1.165, 1.54) is 26.3 Å². The van der Waals surface area contributed by atoms with Crippen molar-refractivity contribution in [2.75, 3.05) is 20.7 Å². The number of aromatic hydroxyl groups is 1. The Labute approximate surface area is 221 Å². The number of likely N-dealkylation sites (tertiary alicyclic amines) is 2. The molecule has 3 fully saturated rings. The number of amides is 4. The fraction of sp³-hybridized carbons (Fsp3) is 0.480. The van der Waals surface area contributed by atoms with Crippen molar-refractivity contribution in [3.05, 3.63) is 35.4 Å². The number of alkyl halides is 2. The van der Waals surface area contributed by atoms with Crippen molar-refractivity contribution >= 4 is 52.8 Å². The van der Waals surface area contributed by atoms with Crippen molar-refractivity contribution in [3.8, 4) is 11.5 Å². The van der Waals surface area contributed by atoms with Crippen molar-refractivity contribution in [2.24, 2.45) is 17.8 Å². The molecule has 4 aliphatic rings. The maximum absolute atomic E-state index is 13.5. The minimum absolute atomic E-state index is 0.117. The average Bonchev–Trinajstić information content (AvgIpc) is 3.18. The number of benzene rings is 1. The Balaban J connectivity index is 1.67. The number of nitrogens with zero attached hydrogens (tertiary/aromatic N) is 2. The van der Waals surface area contributed by atoms with Crippen LogP contribution in [0.4, 0.5) is 0 Å². The lowest BCUT2D eigenvalue weighted by Crippen LogP contribution is -2.60. The van der Waals surface area contributed by atoms with Crippen molar-refractivity contribution in [1.29, 1.82) is 0 Å². The van der Waals surface area contributed by atoms with Gasteiger partial charge in [0.25, 0.3) is 11.8 Å². The van der Waals surface area contributed by atoms with Gasteiger partial charge < -0.3 is 14.9 Å². The summed E-state index contributed by atoms with van der Waals surface area (Å²) in [6, 6.07) is 4.44. The Morgan fingerprint density at radius 3 is 2.49 bits per heavy atom. The number of ether oxygens (including phenoxy) is 1. The van der Waals surface area contributed by atoms with Crippen LogP contribution in [0.5, 0.6) is 11.5 Å². The molecule has 1 aromatic carbocycles.